The Balaban J connectivity index is 1.06. The van der Waals surface area contributed by atoms with E-state index in [0.29, 0.717) is 25.8 Å². The van der Waals surface area contributed by atoms with E-state index in [4.69, 9.17) is 9.84 Å². The summed E-state index contributed by atoms with van der Waals surface area (Å²) in [6.07, 6.45) is 3.09. The van der Waals surface area contributed by atoms with Crippen molar-refractivity contribution in [1.29, 1.82) is 0 Å². The minimum absolute atomic E-state index is 0.000441. The molecular weight excluding hydrogens is 432 g/mol. The molecule has 0 bridgehead atoms. The van der Waals surface area contributed by atoms with E-state index in [1.807, 2.05) is 24.3 Å². The summed E-state index contributed by atoms with van der Waals surface area (Å²) in [5, 5.41) is 14.8. The van der Waals surface area contributed by atoms with E-state index in [9.17, 15) is 14.4 Å². The van der Waals surface area contributed by atoms with Gasteiger partial charge in [-0.05, 0) is 60.3 Å². The molecule has 2 amide bonds. The second kappa shape index (κ2) is 9.49. The number of carboxylic acid groups (broad SMARTS) is 1. The molecule has 0 heterocycles. The summed E-state index contributed by atoms with van der Waals surface area (Å²) in [4.78, 5) is 35.8. The second-order valence-corrected chi connectivity index (χ2v) is 9.70. The molecule has 0 unspecified atom stereocenters. The van der Waals surface area contributed by atoms with E-state index in [0.717, 1.165) is 12.8 Å². The third-order valence-electron chi connectivity index (χ3n) is 7.54. The Morgan fingerprint density at radius 3 is 2.12 bits per heavy atom. The average Bonchev–Trinajstić information content (AvgIpc) is 3.57. The standard InChI is InChI=1S/C27H30N2O5/c30-25(28-14-17-13-23(17)26(31)32)16-9-11-18(12-10-16)29-27(33)34-15-24-21-7-3-1-5-19(21)20-6-2-4-8-22(20)24/h1-8,16-18,23-24H,9-15H2,(H,28,30)(H,29,33)(H,31,32)/t16?,17-,18?,23-/m1/s1. The van der Waals surface area contributed by atoms with Gasteiger partial charge in [0.25, 0.3) is 0 Å². The van der Waals surface area contributed by atoms with Gasteiger partial charge >= 0.3 is 12.1 Å². The van der Waals surface area contributed by atoms with E-state index in [1.54, 1.807) is 0 Å². The summed E-state index contributed by atoms with van der Waals surface area (Å²) in [6, 6.07) is 16.5. The summed E-state index contributed by atoms with van der Waals surface area (Å²) < 4.78 is 5.64. The van der Waals surface area contributed by atoms with Crippen molar-refractivity contribution >= 4 is 18.0 Å². The van der Waals surface area contributed by atoms with Crippen LogP contribution in [0.5, 0.6) is 0 Å². The maximum absolute atomic E-state index is 12.5. The molecule has 0 aliphatic heterocycles. The molecule has 2 fully saturated rings. The number of rotatable bonds is 7. The first-order valence-electron chi connectivity index (χ1n) is 12.1. The van der Waals surface area contributed by atoms with Gasteiger partial charge in [0, 0.05) is 24.4 Å². The highest BCUT2D eigenvalue weighted by atomic mass is 16.5. The largest absolute Gasteiger partial charge is 0.481 e. The maximum Gasteiger partial charge on any atom is 0.407 e. The molecule has 0 saturated heterocycles. The maximum atomic E-state index is 12.5. The Morgan fingerprint density at radius 2 is 1.53 bits per heavy atom. The number of fused-ring (bicyclic) bond motifs is 3. The average molecular weight is 463 g/mol. The highest BCUT2D eigenvalue weighted by molar-refractivity contribution is 5.80. The lowest BCUT2D eigenvalue weighted by Crippen LogP contribution is -2.41. The number of benzene rings is 2. The Hall–Kier alpha value is -3.35. The summed E-state index contributed by atoms with van der Waals surface area (Å²) in [7, 11) is 0. The molecule has 3 N–H and O–H groups in total. The third kappa shape index (κ3) is 4.65. The minimum atomic E-state index is -0.779. The normalized spacial score (nSPS) is 25.1. The van der Waals surface area contributed by atoms with Gasteiger partial charge in [0.2, 0.25) is 5.91 Å². The topological polar surface area (TPSA) is 105 Å². The van der Waals surface area contributed by atoms with Gasteiger partial charge in [-0.2, -0.15) is 0 Å². The van der Waals surface area contributed by atoms with Crippen molar-refractivity contribution in [2.45, 2.75) is 44.1 Å². The Kier molecular flexibility index (Phi) is 6.26. The number of alkyl carbamates (subject to hydrolysis) is 1. The molecule has 5 rings (SSSR count). The van der Waals surface area contributed by atoms with Crippen LogP contribution in [-0.2, 0) is 14.3 Å². The van der Waals surface area contributed by atoms with Crippen molar-refractivity contribution in [3.63, 3.8) is 0 Å². The predicted molar refractivity (Wildman–Crippen MR) is 126 cm³/mol. The van der Waals surface area contributed by atoms with Gasteiger partial charge in [0.15, 0.2) is 0 Å². The van der Waals surface area contributed by atoms with Crippen molar-refractivity contribution in [3.05, 3.63) is 59.7 Å². The third-order valence-corrected chi connectivity index (χ3v) is 7.54. The number of ether oxygens (including phenoxy) is 1. The number of amides is 2. The molecule has 7 nitrogen and oxygen atoms in total. The van der Waals surface area contributed by atoms with Crippen LogP contribution in [0.15, 0.2) is 48.5 Å². The van der Waals surface area contributed by atoms with Crippen molar-refractivity contribution in [2.24, 2.45) is 17.8 Å². The summed E-state index contributed by atoms with van der Waals surface area (Å²) >= 11 is 0. The fourth-order valence-corrected chi connectivity index (χ4v) is 5.46. The van der Waals surface area contributed by atoms with Crippen LogP contribution in [0.25, 0.3) is 11.1 Å². The summed E-state index contributed by atoms with van der Waals surface area (Å²) in [6.45, 7) is 0.726. The van der Waals surface area contributed by atoms with Crippen molar-refractivity contribution in [1.82, 2.24) is 10.6 Å². The molecule has 0 aromatic heterocycles. The van der Waals surface area contributed by atoms with Crippen LogP contribution in [0, 0.1) is 17.8 Å². The van der Waals surface area contributed by atoms with Gasteiger partial charge in [0.1, 0.15) is 6.61 Å². The van der Waals surface area contributed by atoms with Crippen molar-refractivity contribution in [2.75, 3.05) is 13.2 Å². The number of carbonyl (C=O) groups excluding carboxylic acids is 2. The van der Waals surface area contributed by atoms with E-state index in [2.05, 4.69) is 34.9 Å². The molecule has 0 radical (unpaired) electrons. The van der Waals surface area contributed by atoms with Gasteiger partial charge in [-0.3, -0.25) is 9.59 Å². The smallest absolute Gasteiger partial charge is 0.407 e. The zero-order valence-corrected chi connectivity index (χ0v) is 19.0. The quantitative estimate of drug-likeness (QED) is 0.579. The number of hydrogen-bond donors (Lipinski definition) is 3. The zero-order chi connectivity index (χ0) is 23.7. The summed E-state index contributed by atoms with van der Waals surface area (Å²) in [5.41, 5.74) is 4.76. The van der Waals surface area contributed by atoms with Gasteiger partial charge in [0.05, 0.1) is 5.92 Å². The molecule has 7 heteroatoms. The number of carboxylic acids is 1. The molecule has 2 saturated carbocycles. The number of aliphatic carboxylic acids is 1. The van der Waals surface area contributed by atoms with Gasteiger partial charge in [-0.25, -0.2) is 4.79 Å². The highest BCUT2D eigenvalue weighted by Crippen LogP contribution is 2.44. The van der Waals surface area contributed by atoms with Gasteiger partial charge in [-0.15, -0.1) is 0 Å². The van der Waals surface area contributed by atoms with E-state index in [1.165, 1.54) is 22.3 Å². The zero-order valence-electron chi connectivity index (χ0n) is 19.0. The fourth-order valence-electron chi connectivity index (χ4n) is 5.46. The minimum Gasteiger partial charge on any atom is -0.481 e. The lowest BCUT2D eigenvalue weighted by atomic mass is 9.85. The van der Waals surface area contributed by atoms with Crippen molar-refractivity contribution < 1.29 is 24.2 Å². The monoisotopic (exact) mass is 462 g/mol. The molecule has 2 aromatic rings. The lowest BCUT2D eigenvalue weighted by Gasteiger charge is -2.28. The lowest BCUT2D eigenvalue weighted by molar-refractivity contribution is -0.139. The van der Waals surface area contributed by atoms with Crippen LogP contribution in [-0.4, -0.2) is 42.3 Å². The Labute approximate surface area is 198 Å². The molecule has 34 heavy (non-hydrogen) atoms. The molecule has 2 atom stereocenters. The van der Waals surface area contributed by atoms with E-state index >= 15 is 0 Å². The van der Waals surface area contributed by atoms with Crippen LogP contribution in [0.1, 0.15) is 49.1 Å². The number of carbonyl (C=O) groups is 3. The van der Waals surface area contributed by atoms with Crippen molar-refractivity contribution in [3.8, 4) is 11.1 Å². The first kappa shape index (κ1) is 22.4. The van der Waals surface area contributed by atoms with Crippen LogP contribution in [0.3, 0.4) is 0 Å². The molecule has 3 aliphatic rings. The van der Waals surface area contributed by atoms with Crippen LogP contribution < -0.4 is 10.6 Å². The first-order chi connectivity index (χ1) is 16.5. The summed E-state index contributed by atoms with van der Waals surface area (Å²) in [5.74, 6) is -1.08. The van der Waals surface area contributed by atoms with E-state index < -0.39 is 12.1 Å². The Morgan fingerprint density at radius 1 is 0.912 bits per heavy atom. The molecule has 0 spiro atoms. The molecule has 3 aliphatic carbocycles. The van der Waals surface area contributed by atoms with Crippen LogP contribution in [0.2, 0.25) is 0 Å². The SMILES string of the molecule is O=C(NC1CCC(C(=O)NC[C@H]2C[C@H]2C(=O)O)CC1)OCC1c2ccccc2-c2ccccc21. The number of nitrogens with one attached hydrogen (secondary N) is 2. The van der Waals surface area contributed by atoms with Crippen LogP contribution in [0.4, 0.5) is 4.79 Å². The highest BCUT2D eigenvalue weighted by Gasteiger charge is 2.43. The molecular formula is C27H30N2O5. The predicted octanol–water partition coefficient (Wildman–Crippen LogP) is 3.92. The van der Waals surface area contributed by atoms with Gasteiger partial charge < -0.3 is 20.5 Å². The fraction of sp³-hybridized carbons (Fsp3) is 0.444. The number of hydrogen-bond acceptors (Lipinski definition) is 4. The molecule has 2 aromatic carbocycles. The second-order valence-electron chi connectivity index (χ2n) is 9.70. The van der Waals surface area contributed by atoms with Gasteiger partial charge in [-0.1, -0.05) is 48.5 Å². The van der Waals surface area contributed by atoms with E-state index in [-0.39, 0.29) is 42.2 Å². The van der Waals surface area contributed by atoms with Crippen LogP contribution >= 0.6 is 0 Å². The molecule has 178 valence electrons. The first-order valence-corrected chi connectivity index (χ1v) is 12.1. The Bertz CT molecular complexity index is 1050.